The molecule has 0 heterocycles. The summed E-state index contributed by atoms with van der Waals surface area (Å²) < 4.78 is 29.2. The van der Waals surface area contributed by atoms with Gasteiger partial charge in [0.25, 0.3) is 0 Å². The van der Waals surface area contributed by atoms with Gasteiger partial charge in [-0.15, -0.1) is 0 Å². The van der Waals surface area contributed by atoms with Crippen LogP contribution in [0.1, 0.15) is 53.4 Å². The molecule has 0 aromatic rings. The van der Waals surface area contributed by atoms with E-state index in [0.29, 0.717) is 32.7 Å². The lowest BCUT2D eigenvalue weighted by Gasteiger charge is -2.10. The van der Waals surface area contributed by atoms with E-state index in [1.54, 1.807) is 0 Å². The van der Waals surface area contributed by atoms with Crippen LogP contribution in [0.3, 0.4) is 0 Å². The van der Waals surface area contributed by atoms with E-state index in [0.717, 1.165) is 0 Å². The lowest BCUT2D eigenvalue weighted by atomic mass is 10.0. The maximum Gasteiger partial charge on any atom is 0.158 e. The van der Waals surface area contributed by atoms with Crippen molar-refractivity contribution in [1.82, 2.24) is 0 Å². The predicted molar refractivity (Wildman–Crippen MR) is 90.9 cm³/mol. The van der Waals surface area contributed by atoms with Crippen molar-refractivity contribution >= 4 is 11.6 Å². The Hall–Kier alpha value is -0.850. The molecule has 5 nitrogen and oxygen atoms in total. The van der Waals surface area contributed by atoms with Crippen LogP contribution >= 0.6 is 0 Å². The quantitative estimate of drug-likeness (QED) is 0.401. The molecule has 6 heteroatoms. The minimum atomic E-state index is -1.12. The molecular weight excluding hydrogens is 315 g/mol. The Labute approximate surface area is 145 Å². The van der Waals surface area contributed by atoms with Crippen LogP contribution in [0.15, 0.2) is 0 Å². The molecule has 1 unspecified atom stereocenters. The number of halogens is 1. The first-order chi connectivity index (χ1) is 11.3. The monoisotopic (exact) mass is 348 g/mol. The number of carbonyl (C=O) groups excluding carboxylic acids is 2. The van der Waals surface area contributed by atoms with Gasteiger partial charge >= 0.3 is 0 Å². The standard InChI is InChI=1S/C18H33FO5/c1-14(2)18(21)8-7-16(19)12-23-11-10-22-9-5-6-17(20)13-24-15(3)4/h14-16H,5-13H2,1-4H3. The van der Waals surface area contributed by atoms with Gasteiger partial charge in [0.15, 0.2) is 5.78 Å². The molecule has 142 valence electrons. The Balaban J connectivity index is 3.38. The van der Waals surface area contributed by atoms with E-state index in [-0.39, 0.29) is 49.6 Å². The summed E-state index contributed by atoms with van der Waals surface area (Å²) in [6.07, 6.45) is 0.482. The van der Waals surface area contributed by atoms with Gasteiger partial charge in [-0.05, 0) is 26.7 Å². The van der Waals surface area contributed by atoms with Crippen molar-refractivity contribution in [1.29, 1.82) is 0 Å². The van der Waals surface area contributed by atoms with Gasteiger partial charge in [-0.3, -0.25) is 9.59 Å². The molecule has 0 N–H and O–H groups in total. The molecule has 0 fully saturated rings. The average molecular weight is 348 g/mol. The molecule has 0 amide bonds. The Kier molecular flexibility index (Phi) is 14.0. The third-order valence-electron chi connectivity index (χ3n) is 3.34. The molecule has 0 spiro atoms. The maximum atomic E-state index is 13.5. The summed E-state index contributed by atoms with van der Waals surface area (Å²) in [7, 11) is 0. The number of hydrogen-bond donors (Lipinski definition) is 0. The summed E-state index contributed by atoms with van der Waals surface area (Å²) in [6, 6.07) is 0. The van der Waals surface area contributed by atoms with E-state index < -0.39 is 6.17 Å². The van der Waals surface area contributed by atoms with Crippen molar-refractivity contribution in [2.45, 2.75) is 65.7 Å². The van der Waals surface area contributed by atoms with Crippen LogP contribution in [-0.2, 0) is 23.8 Å². The van der Waals surface area contributed by atoms with Gasteiger partial charge in [-0.25, -0.2) is 4.39 Å². The fourth-order valence-electron chi connectivity index (χ4n) is 1.81. The van der Waals surface area contributed by atoms with E-state index in [1.165, 1.54) is 0 Å². The van der Waals surface area contributed by atoms with E-state index in [9.17, 15) is 14.0 Å². The Morgan fingerprint density at radius 2 is 1.62 bits per heavy atom. The average Bonchev–Trinajstić information content (AvgIpc) is 2.52. The first kappa shape index (κ1) is 23.1. The van der Waals surface area contributed by atoms with Crippen LogP contribution < -0.4 is 0 Å². The smallest absolute Gasteiger partial charge is 0.158 e. The number of alkyl halides is 1. The number of Topliss-reactive ketones (excluding diaryl/α,β-unsaturated/α-hetero) is 2. The summed E-state index contributed by atoms with van der Waals surface area (Å²) in [6.45, 7) is 8.69. The Morgan fingerprint density at radius 1 is 0.958 bits per heavy atom. The van der Waals surface area contributed by atoms with Gasteiger partial charge in [0.2, 0.25) is 0 Å². The third-order valence-corrected chi connectivity index (χ3v) is 3.34. The number of ether oxygens (including phenoxy) is 3. The van der Waals surface area contributed by atoms with Gasteiger partial charge in [-0.2, -0.15) is 0 Å². The van der Waals surface area contributed by atoms with Gasteiger partial charge in [-0.1, -0.05) is 13.8 Å². The molecule has 0 aromatic heterocycles. The third kappa shape index (κ3) is 14.7. The SMILES string of the molecule is CC(C)OCC(=O)CCCOCCOCC(F)CCC(=O)C(C)C. The van der Waals surface area contributed by atoms with Gasteiger partial charge in [0.1, 0.15) is 18.6 Å². The van der Waals surface area contributed by atoms with Crippen molar-refractivity contribution in [3.63, 3.8) is 0 Å². The second-order valence-corrected chi connectivity index (χ2v) is 6.45. The van der Waals surface area contributed by atoms with Crippen LogP contribution in [0, 0.1) is 5.92 Å². The molecule has 0 radical (unpaired) electrons. The minimum Gasteiger partial charge on any atom is -0.379 e. The summed E-state index contributed by atoms with van der Waals surface area (Å²) in [5, 5.41) is 0. The minimum absolute atomic E-state index is 0.0141. The molecule has 0 saturated carbocycles. The molecular formula is C18H33FO5. The lowest BCUT2D eigenvalue weighted by Crippen LogP contribution is -2.17. The van der Waals surface area contributed by atoms with Crippen LogP contribution in [0.4, 0.5) is 4.39 Å². The van der Waals surface area contributed by atoms with E-state index in [4.69, 9.17) is 14.2 Å². The number of carbonyl (C=O) groups is 2. The molecule has 0 bridgehead atoms. The molecule has 0 saturated heterocycles. The van der Waals surface area contributed by atoms with Gasteiger partial charge in [0, 0.05) is 25.4 Å². The lowest BCUT2D eigenvalue weighted by molar-refractivity contribution is -0.125. The molecule has 1 atom stereocenters. The molecule has 0 rings (SSSR count). The summed E-state index contributed by atoms with van der Waals surface area (Å²) in [5.74, 6) is 0.101. The van der Waals surface area contributed by atoms with Crippen LogP contribution in [0.2, 0.25) is 0 Å². The maximum absolute atomic E-state index is 13.5. The second kappa shape index (κ2) is 14.5. The normalized spacial score (nSPS) is 12.8. The predicted octanol–water partition coefficient (Wildman–Crippen LogP) is 3.14. The Bertz CT molecular complexity index is 344. The van der Waals surface area contributed by atoms with Crippen LogP contribution in [0.5, 0.6) is 0 Å². The highest BCUT2D eigenvalue weighted by Crippen LogP contribution is 2.07. The Morgan fingerprint density at radius 3 is 2.25 bits per heavy atom. The van der Waals surface area contributed by atoms with Crippen molar-refractivity contribution in [2.75, 3.05) is 33.0 Å². The van der Waals surface area contributed by atoms with Crippen molar-refractivity contribution < 1.29 is 28.2 Å². The highest BCUT2D eigenvalue weighted by molar-refractivity contribution is 5.80. The molecule has 0 aliphatic heterocycles. The van der Waals surface area contributed by atoms with Gasteiger partial charge < -0.3 is 14.2 Å². The molecule has 0 aliphatic rings. The highest BCUT2D eigenvalue weighted by atomic mass is 19.1. The number of hydrogen-bond acceptors (Lipinski definition) is 5. The van der Waals surface area contributed by atoms with Crippen LogP contribution in [0.25, 0.3) is 0 Å². The van der Waals surface area contributed by atoms with E-state index >= 15 is 0 Å². The summed E-state index contributed by atoms with van der Waals surface area (Å²) in [5.41, 5.74) is 0. The first-order valence-corrected chi connectivity index (χ1v) is 8.78. The molecule has 24 heavy (non-hydrogen) atoms. The first-order valence-electron chi connectivity index (χ1n) is 8.78. The fraction of sp³-hybridized carbons (Fsp3) is 0.889. The van der Waals surface area contributed by atoms with Gasteiger partial charge in [0.05, 0.1) is 25.9 Å². The fourth-order valence-corrected chi connectivity index (χ4v) is 1.81. The zero-order valence-electron chi connectivity index (χ0n) is 15.5. The summed E-state index contributed by atoms with van der Waals surface area (Å²) >= 11 is 0. The zero-order valence-corrected chi connectivity index (χ0v) is 15.5. The molecule has 0 aromatic carbocycles. The van der Waals surface area contributed by atoms with Crippen molar-refractivity contribution in [3.05, 3.63) is 0 Å². The van der Waals surface area contributed by atoms with Crippen molar-refractivity contribution in [2.24, 2.45) is 5.92 Å². The summed E-state index contributed by atoms with van der Waals surface area (Å²) in [4.78, 5) is 22.8. The van der Waals surface area contributed by atoms with Crippen molar-refractivity contribution in [3.8, 4) is 0 Å². The number of rotatable bonds is 16. The highest BCUT2D eigenvalue weighted by Gasteiger charge is 2.12. The van der Waals surface area contributed by atoms with E-state index in [1.807, 2.05) is 27.7 Å². The van der Waals surface area contributed by atoms with Crippen LogP contribution in [-0.4, -0.2) is 56.9 Å². The largest absolute Gasteiger partial charge is 0.379 e. The zero-order chi connectivity index (χ0) is 18.4. The number of ketones is 2. The topological polar surface area (TPSA) is 61.8 Å². The molecule has 0 aliphatic carbocycles. The van der Waals surface area contributed by atoms with E-state index in [2.05, 4.69) is 0 Å². The second-order valence-electron chi connectivity index (χ2n) is 6.45.